The Hall–Kier alpha value is -4.46. The highest BCUT2D eigenvalue weighted by atomic mass is 16.5. The van der Waals surface area contributed by atoms with Gasteiger partial charge in [0.25, 0.3) is 0 Å². The van der Waals surface area contributed by atoms with Crippen molar-refractivity contribution >= 4 is 28.4 Å². The molecule has 8 nitrogen and oxygen atoms in total. The Kier molecular flexibility index (Phi) is 9.55. The first kappa shape index (κ1) is 30.0. The Morgan fingerprint density at radius 1 is 0.930 bits per heavy atom. The van der Waals surface area contributed by atoms with Gasteiger partial charge < -0.3 is 24.5 Å². The molecule has 43 heavy (non-hydrogen) atoms. The fourth-order valence-electron chi connectivity index (χ4n) is 6.12. The van der Waals surface area contributed by atoms with Gasteiger partial charge in [-0.1, -0.05) is 49.6 Å². The largest absolute Gasteiger partial charge is 0.493 e. The van der Waals surface area contributed by atoms with E-state index in [4.69, 9.17) is 14.2 Å². The van der Waals surface area contributed by atoms with Crippen molar-refractivity contribution < 1.29 is 23.8 Å². The molecule has 3 aromatic carbocycles. The first-order chi connectivity index (χ1) is 20.9. The highest BCUT2D eigenvalue weighted by Gasteiger charge is 2.35. The van der Waals surface area contributed by atoms with Crippen LogP contribution in [-0.4, -0.2) is 44.2 Å². The van der Waals surface area contributed by atoms with Crippen molar-refractivity contribution in [3.63, 3.8) is 0 Å². The Labute approximate surface area is 253 Å². The number of para-hydroxylation sites is 1. The summed E-state index contributed by atoms with van der Waals surface area (Å²) in [6.07, 6.45) is 7.87. The van der Waals surface area contributed by atoms with Crippen LogP contribution in [0.5, 0.6) is 17.2 Å². The molecule has 1 saturated carbocycles. The molecular weight excluding hydrogens is 542 g/mol. The molecule has 8 heteroatoms. The monoisotopic (exact) mass is 583 g/mol. The van der Waals surface area contributed by atoms with Crippen molar-refractivity contribution in [3.05, 3.63) is 83.6 Å². The number of benzene rings is 3. The second kappa shape index (κ2) is 13.7. The van der Waals surface area contributed by atoms with Crippen LogP contribution in [-0.2, 0) is 16.0 Å². The fourth-order valence-corrected chi connectivity index (χ4v) is 6.12. The Bertz CT molecular complexity index is 1550. The van der Waals surface area contributed by atoms with E-state index in [2.05, 4.69) is 16.4 Å². The number of rotatable bonds is 11. The maximum absolute atomic E-state index is 14.4. The Balaban J connectivity index is 1.58. The number of nitrogens with zero attached hydrogens (tertiary/aromatic N) is 1. The highest BCUT2D eigenvalue weighted by molar-refractivity contribution is 6.02. The lowest BCUT2D eigenvalue weighted by molar-refractivity contribution is -0.127. The molecule has 0 spiro atoms. The molecule has 0 saturated heterocycles. The average molecular weight is 584 g/mol. The SMILES string of the molecule is COc1cc([C@@H](C(=O)NC2CCCCC2)N(C(=O)CCc2c[nH]c3ccccc23)c2cccc(C)c2)cc(OC)c1OC. The lowest BCUT2D eigenvalue weighted by atomic mass is 9.94. The predicted octanol–water partition coefficient (Wildman–Crippen LogP) is 6.66. The zero-order valence-corrected chi connectivity index (χ0v) is 25.4. The zero-order chi connectivity index (χ0) is 30.3. The van der Waals surface area contributed by atoms with E-state index in [0.717, 1.165) is 47.7 Å². The summed E-state index contributed by atoms with van der Waals surface area (Å²) in [5, 5.41) is 4.38. The molecule has 0 radical (unpaired) electrons. The maximum atomic E-state index is 14.4. The van der Waals surface area contributed by atoms with Gasteiger partial charge in [-0.25, -0.2) is 0 Å². The van der Waals surface area contributed by atoms with Gasteiger partial charge in [0.05, 0.1) is 21.3 Å². The number of nitrogens with one attached hydrogen (secondary N) is 2. The van der Waals surface area contributed by atoms with Crippen molar-refractivity contribution in [1.82, 2.24) is 10.3 Å². The first-order valence-corrected chi connectivity index (χ1v) is 15.0. The predicted molar refractivity (Wildman–Crippen MR) is 169 cm³/mol. The average Bonchev–Trinajstić information content (AvgIpc) is 3.45. The van der Waals surface area contributed by atoms with Crippen LogP contribution in [0.25, 0.3) is 10.9 Å². The second-order valence-electron chi connectivity index (χ2n) is 11.2. The molecule has 1 fully saturated rings. The first-order valence-electron chi connectivity index (χ1n) is 15.0. The van der Waals surface area contributed by atoms with Crippen LogP contribution < -0.4 is 24.4 Å². The maximum Gasteiger partial charge on any atom is 0.248 e. The molecule has 1 aromatic heterocycles. The smallest absolute Gasteiger partial charge is 0.248 e. The van der Waals surface area contributed by atoms with Gasteiger partial charge >= 0.3 is 0 Å². The number of aryl methyl sites for hydroxylation is 2. The van der Waals surface area contributed by atoms with Gasteiger partial charge in [0.1, 0.15) is 6.04 Å². The van der Waals surface area contributed by atoms with E-state index in [-0.39, 0.29) is 24.3 Å². The summed E-state index contributed by atoms with van der Waals surface area (Å²) < 4.78 is 16.9. The van der Waals surface area contributed by atoms with E-state index >= 15 is 0 Å². The topological polar surface area (TPSA) is 92.9 Å². The lowest BCUT2D eigenvalue weighted by Gasteiger charge is -2.34. The van der Waals surface area contributed by atoms with Crippen molar-refractivity contribution in [3.8, 4) is 17.2 Å². The molecule has 5 rings (SSSR count). The van der Waals surface area contributed by atoms with Gasteiger partial charge in [-0.05, 0) is 73.2 Å². The van der Waals surface area contributed by atoms with E-state index in [9.17, 15) is 9.59 Å². The summed E-state index contributed by atoms with van der Waals surface area (Å²) in [4.78, 5) is 33.7. The van der Waals surface area contributed by atoms with E-state index in [1.54, 1.807) is 38.4 Å². The van der Waals surface area contributed by atoms with Crippen LogP contribution in [0, 0.1) is 6.92 Å². The summed E-state index contributed by atoms with van der Waals surface area (Å²) in [7, 11) is 4.63. The van der Waals surface area contributed by atoms with Crippen LogP contribution in [0.3, 0.4) is 0 Å². The number of methoxy groups -OCH3 is 3. The van der Waals surface area contributed by atoms with Gasteiger partial charge in [-0.15, -0.1) is 0 Å². The summed E-state index contributed by atoms with van der Waals surface area (Å²) in [6, 6.07) is 18.4. The summed E-state index contributed by atoms with van der Waals surface area (Å²) in [6.45, 7) is 1.98. The number of carbonyl (C=O) groups excluding carboxylic acids is 2. The summed E-state index contributed by atoms with van der Waals surface area (Å²) in [5.41, 5.74) is 4.31. The van der Waals surface area contributed by atoms with E-state index in [0.29, 0.717) is 34.9 Å². The van der Waals surface area contributed by atoms with Crippen LogP contribution in [0.1, 0.15) is 61.3 Å². The minimum absolute atomic E-state index is 0.0615. The Morgan fingerprint density at radius 3 is 2.33 bits per heavy atom. The number of anilines is 1. The molecule has 1 atom stereocenters. The highest BCUT2D eigenvalue weighted by Crippen LogP contribution is 2.42. The third-order valence-corrected chi connectivity index (χ3v) is 8.29. The van der Waals surface area contributed by atoms with E-state index in [1.165, 1.54) is 6.42 Å². The second-order valence-corrected chi connectivity index (χ2v) is 11.2. The number of amides is 2. The van der Waals surface area contributed by atoms with Crippen molar-refractivity contribution in [2.24, 2.45) is 0 Å². The van der Waals surface area contributed by atoms with Crippen molar-refractivity contribution in [2.45, 2.75) is 64.0 Å². The van der Waals surface area contributed by atoms with Gasteiger partial charge in [0.15, 0.2) is 11.5 Å². The minimum Gasteiger partial charge on any atom is -0.493 e. The zero-order valence-electron chi connectivity index (χ0n) is 25.4. The number of hydrogen-bond acceptors (Lipinski definition) is 5. The number of aromatic nitrogens is 1. The Morgan fingerprint density at radius 2 is 1.65 bits per heavy atom. The van der Waals surface area contributed by atoms with E-state index < -0.39 is 6.04 Å². The molecule has 4 aromatic rings. The molecule has 0 aliphatic heterocycles. The number of H-pyrrole nitrogens is 1. The lowest BCUT2D eigenvalue weighted by Crippen LogP contribution is -2.47. The van der Waals surface area contributed by atoms with Crippen LogP contribution >= 0.6 is 0 Å². The molecule has 226 valence electrons. The molecule has 0 unspecified atom stereocenters. The number of ether oxygens (including phenoxy) is 3. The number of fused-ring (bicyclic) bond motifs is 1. The molecule has 1 aliphatic rings. The molecule has 2 amide bonds. The number of aromatic amines is 1. The van der Waals surface area contributed by atoms with Crippen LogP contribution in [0.4, 0.5) is 5.69 Å². The number of carbonyl (C=O) groups is 2. The van der Waals surface area contributed by atoms with Gasteiger partial charge in [0, 0.05) is 35.2 Å². The summed E-state index contributed by atoms with van der Waals surface area (Å²) >= 11 is 0. The van der Waals surface area contributed by atoms with E-state index in [1.807, 2.05) is 55.6 Å². The molecule has 0 bridgehead atoms. The standard InChI is InChI=1S/C35H41N3O5/c1-23-11-10-14-27(19-23)38(32(39)18-17-24-22-36-29-16-9-8-15-28(24)29)33(35(40)37-26-12-6-5-7-13-26)25-20-30(41-2)34(43-4)31(21-25)42-3/h8-11,14-16,19-22,26,33,36H,5-7,12-13,17-18H2,1-4H3,(H,37,40)/t33-/m0/s1. The molecular formula is C35H41N3O5. The quantitative estimate of drug-likeness (QED) is 0.206. The van der Waals surface area contributed by atoms with Crippen molar-refractivity contribution in [2.75, 3.05) is 26.2 Å². The van der Waals surface area contributed by atoms with Crippen LogP contribution in [0.2, 0.25) is 0 Å². The third-order valence-electron chi connectivity index (χ3n) is 8.29. The molecule has 2 N–H and O–H groups in total. The number of hydrogen-bond donors (Lipinski definition) is 2. The van der Waals surface area contributed by atoms with Crippen LogP contribution in [0.15, 0.2) is 66.9 Å². The molecule has 1 heterocycles. The summed E-state index contributed by atoms with van der Waals surface area (Å²) in [5.74, 6) is 0.870. The molecule has 1 aliphatic carbocycles. The van der Waals surface area contributed by atoms with Gasteiger partial charge in [-0.3, -0.25) is 14.5 Å². The third kappa shape index (κ3) is 6.63. The minimum atomic E-state index is -0.965. The van der Waals surface area contributed by atoms with Gasteiger partial charge in [0.2, 0.25) is 17.6 Å². The van der Waals surface area contributed by atoms with Crippen molar-refractivity contribution in [1.29, 1.82) is 0 Å². The fraction of sp³-hybridized carbons (Fsp3) is 0.371. The van der Waals surface area contributed by atoms with Gasteiger partial charge in [-0.2, -0.15) is 0 Å². The normalized spacial score (nSPS) is 14.2.